The summed E-state index contributed by atoms with van der Waals surface area (Å²) in [7, 11) is 0. The van der Waals surface area contributed by atoms with Crippen molar-refractivity contribution in [2.24, 2.45) is 0 Å². The van der Waals surface area contributed by atoms with Crippen LogP contribution in [-0.2, 0) is 6.42 Å². The predicted octanol–water partition coefficient (Wildman–Crippen LogP) is 4.57. The van der Waals surface area contributed by atoms with Crippen LogP contribution < -0.4 is 4.90 Å². The minimum atomic E-state index is -0.253. The van der Waals surface area contributed by atoms with Crippen LogP contribution in [0.25, 0.3) is 0 Å². The van der Waals surface area contributed by atoms with E-state index in [1.165, 1.54) is 12.1 Å². The van der Waals surface area contributed by atoms with Gasteiger partial charge in [-0.3, -0.25) is 4.79 Å². The maximum absolute atomic E-state index is 13.4. The Bertz CT molecular complexity index is 701. The number of benzene rings is 2. The Balaban J connectivity index is 2.06. The lowest BCUT2D eigenvalue weighted by Gasteiger charge is -2.35. The van der Waals surface area contributed by atoms with Gasteiger partial charge in [-0.2, -0.15) is 0 Å². The van der Waals surface area contributed by atoms with Crippen LogP contribution in [0.4, 0.5) is 10.1 Å². The lowest BCUT2D eigenvalue weighted by atomic mass is 9.95. The van der Waals surface area contributed by atoms with Crippen molar-refractivity contribution < 1.29 is 9.18 Å². The summed E-state index contributed by atoms with van der Waals surface area (Å²) in [5, 5.41) is 0. The van der Waals surface area contributed by atoms with Gasteiger partial charge in [0.25, 0.3) is 5.91 Å². The molecule has 3 rings (SSSR count). The fourth-order valence-electron chi connectivity index (χ4n) is 2.79. The third-order valence-electron chi connectivity index (χ3n) is 3.90. The fraction of sp³-hybridized carbons (Fsp3) is 0.235. The summed E-state index contributed by atoms with van der Waals surface area (Å²) < 4.78 is 14.2. The molecule has 1 heterocycles. The van der Waals surface area contributed by atoms with E-state index in [0.29, 0.717) is 5.56 Å². The monoisotopic (exact) mass is 347 g/mol. The molecule has 0 saturated carbocycles. The standard InChI is InChI=1S/C17H15BrFNO/c1-11-6-7-12-10-13(19)8-9-16(12)20(11)17(21)14-4-2-3-5-15(14)18/h2-5,8-11H,6-7H2,1H3. The minimum Gasteiger partial charge on any atom is -0.305 e. The second-order valence-corrected chi connectivity index (χ2v) is 6.17. The highest BCUT2D eigenvalue weighted by Gasteiger charge is 2.29. The van der Waals surface area contributed by atoms with E-state index in [9.17, 15) is 9.18 Å². The number of carbonyl (C=O) groups excluding carboxylic acids is 1. The number of aryl methyl sites for hydroxylation is 1. The van der Waals surface area contributed by atoms with Gasteiger partial charge in [-0.25, -0.2) is 4.39 Å². The van der Waals surface area contributed by atoms with Crippen molar-refractivity contribution in [3.8, 4) is 0 Å². The molecule has 1 amide bonds. The Kier molecular flexibility index (Phi) is 3.81. The average molecular weight is 348 g/mol. The van der Waals surface area contributed by atoms with E-state index in [4.69, 9.17) is 0 Å². The van der Waals surface area contributed by atoms with Gasteiger partial charge in [0.1, 0.15) is 5.82 Å². The summed E-state index contributed by atoms with van der Waals surface area (Å²) in [5.74, 6) is -0.306. The molecule has 1 aliphatic rings. The highest BCUT2D eigenvalue weighted by molar-refractivity contribution is 9.10. The SMILES string of the molecule is CC1CCc2cc(F)ccc2N1C(=O)c1ccccc1Br. The second kappa shape index (κ2) is 5.60. The number of amides is 1. The first kappa shape index (κ1) is 14.3. The zero-order chi connectivity index (χ0) is 15.0. The highest BCUT2D eigenvalue weighted by Crippen LogP contribution is 2.33. The molecule has 2 aromatic rings. The van der Waals surface area contributed by atoms with Crippen molar-refractivity contribution in [1.29, 1.82) is 0 Å². The topological polar surface area (TPSA) is 20.3 Å². The fourth-order valence-corrected chi connectivity index (χ4v) is 3.25. The quantitative estimate of drug-likeness (QED) is 0.739. The zero-order valence-electron chi connectivity index (χ0n) is 11.6. The maximum atomic E-state index is 13.4. The molecule has 2 aromatic carbocycles. The van der Waals surface area contributed by atoms with Crippen LogP contribution in [-0.4, -0.2) is 11.9 Å². The van der Waals surface area contributed by atoms with Gasteiger partial charge >= 0.3 is 0 Å². The minimum absolute atomic E-state index is 0.0532. The molecule has 0 fully saturated rings. The van der Waals surface area contributed by atoms with Gasteiger partial charge in [0.05, 0.1) is 5.56 Å². The molecule has 1 aliphatic heterocycles. The lowest BCUT2D eigenvalue weighted by molar-refractivity contribution is 0.0974. The molecule has 4 heteroatoms. The van der Waals surface area contributed by atoms with E-state index in [-0.39, 0.29) is 17.8 Å². The molecule has 0 N–H and O–H groups in total. The molecule has 2 nitrogen and oxygen atoms in total. The number of hydrogen-bond acceptors (Lipinski definition) is 1. The zero-order valence-corrected chi connectivity index (χ0v) is 13.2. The van der Waals surface area contributed by atoms with Crippen molar-refractivity contribution in [1.82, 2.24) is 0 Å². The van der Waals surface area contributed by atoms with Crippen molar-refractivity contribution in [3.63, 3.8) is 0 Å². The number of nitrogens with zero attached hydrogens (tertiary/aromatic N) is 1. The Hall–Kier alpha value is -1.68. The summed E-state index contributed by atoms with van der Waals surface area (Å²) in [4.78, 5) is 14.7. The first-order valence-electron chi connectivity index (χ1n) is 6.94. The number of hydrogen-bond donors (Lipinski definition) is 0. The van der Waals surface area contributed by atoms with E-state index in [0.717, 1.165) is 28.6 Å². The first-order valence-corrected chi connectivity index (χ1v) is 7.74. The summed E-state index contributed by atoms with van der Waals surface area (Å²) in [6, 6.07) is 12.1. The molecular formula is C17H15BrFNO. The largest absolute Gasteiger partial charge is 0.305 e. The predicted molar refractivity (Wildman–Crippen MR) is 85.1 cm³/mol. The molecular weight excluding hydrogens is 333 g/mol. The van der Waals surface area contributed by atoms with Crippen LogP contribution in [0.1, 0.15) is 29.3 Å². The molecule has 0 spiro atoms. The Morgan fingerprint density at radius 2 is 2.05 bits per heavy atom. The molecule has 1 unspecified atom stereocenters. The normalized spacial score (nSPS) is 17.5. The number of fused-ring (bicyclic) bond motifs is 1. The van der Waals surface area contributed by atoms with Crippen LogP contribution in [0, 0.1) is 5.82 Å². The Morgan fingerprint density at radius 1 is 1.29 bits per heavy atom. The third kappa shape index (κ3) is 2.60. The van der Waals surface area contributed by atoms with Gasteiger partial charge in [-0.05, 0) is 71.6 Å². The van der Waals surface area contributed by atoms with E-state index in [1.807, 2.05) is 25.1 Å². The number of anilines is 1. The van der Waals surface area contributed by atoms with Gasteiger partial charge < -0.3 is 4.90 Å². The van der Waals surface area contributed by atoms with E-state index in [1.54, 1.807) is 17.0 Å². The first-order chi connectivity index (χ1) is 10.1. The summed E-state index contributed by atoms with van der Waals surface area (Å²) in [6.07, 6.45) is 1.64. The lowest BCUT2D eigenvalue weighted by Crippen LogP contribution is -2.42. The van der Waals surface area contributed by atoms with Gasteiger partial charge in [0.15, 0.2) is 0 Å². The van der Waals surface area contributed by atoms with Gasteiger partial charge in [-0.15, -0.1) is 0 Å². The van der Waals surface area contributed by atoms with Crippen molar-refractivity contribution in [2.75, 3.05) is 4.90 Å². The molecule has 0 radical (unpaired) electrons. The van der Waals surface area contributed by atoms with Gasteiger partial charge in [0, 0.05) is 16.2 Å². The molecule has 0 bridgehead atoms. The van der Waals surface area contributed by atoms with Crippen molar-refractivity contribution in [2.45, 2.75) is 25.8 Å². The third-order valence-corrected chi connectivity index (χ3v) is 4.59. The van der Waals surface area contributed by atoms with Crippen LogP contribution in [0.3, 0.4) is 0 Å². The maximum Gasteiger partial charge on any atom is 0.259 e. The van der Waals surface area contributed by atoms with Gasteiger partial charge in [0.2, 0.25) is 0 Å². The molecule has 21 heavy (non-hydrogen) atoms. The number of halogens is 2. The van der Waals surface area contributed by atoms with E-state index < -0.39 is 0 Å². The smallest absolute Gasteiger partial charge is 0.259 e. The average Bonchev–Trinajstić information content (AvgIpc) is 2.47. The Labute approximate surface area is 131 Å². The number of rotatable bonds is 1. The molecule has 0 saturated heterocycles. The highest BCUT2D eigenvalue weighted by atomic mass is 79.9. The molecule has 108 valence electrons. The second-order valence-electron chi connectivity index (χ2n) is 5.32. The van der Waals surface area contributed by atoms with Crippen LogP contribution in [0.5, 0.6) is 0 Å². The van der Waals surface area contributed by atoms with Gasteiger partial charge in [-0.1, -0.05) is 12.1 Å². The van der Waals surface area contributed by atoms with Crippen LogP contribution in [0.2, 0.25) is 0 Å². The summed E-state index contributed by atoms with van der Waals surface area (Å²) in [5.41, 5.74) is 2.34. The summed E-state index contributed by atoms with van der Waals surface area (Å²) in [6.45, 7) is 2.03. The molecule has 1 atom stereocenters. The van der Waals surface area contributed by atoms with Crippen molar-refractivity contribution >= 4 is 27.5 Å². The summed E-state index contributed by atoms with van der Waals surface area (Å²) >= 11 is 3.43. The molecule has 0 aromatic heterocycles. The molecule has 0 aliphatic carbocycles. The Morgan fingerprint density at radius 3 is 2.81 bits per heavy atom. The van der Waals surface area contributed by atoms with Crippen molar-refractivity contribution in [3.05, 3.63) is 63.9 Å². The van der Waals surface area contributed by atoms with E-state index >= 15 is 0 Å². The number of carbonyl (C=O) groups is 1. The van der Waals surface area contributed by atoms with E-state index in [2.05, 4.69) is 15.9 Å². The van der Waals surface area contributed by atoms with Crippen LogP contribution in [0.15, 0.2) is 46.9 Å². The van der Waals surface area contributed by atoms with Crippen LogP contribution >= 0.6 is 15.9 Å².